The lowest BCUT2D eigenvalue weighted by atomic mass is 10.1. The number of aromatic nitrogens is 4. The van der Waals surface area contributed by atoms with Crippen molar-refractivity contribution < 1.29 is 4.79 Å². The van der Waals surface area contributed by atoms with E-state index >= 15 is 0 Å². The minimum absolute atomic E-state index is 0.137. The number of nitrogen functional groups attached to an aromatic ring is 1. The molecule has 1 aromatic carbocycles. The number of benzene rings is 1. The van der Waals surface area contributed by atoms with Gasteiger partial charge in [-0.25, -0.2) is 9.78 Å². The molecule has 3 rings (SSSR count). The lowest BCUT2D eigenvalue weighted by Crippen LogP contribution is -2.42. The summed E-state index contributed by atoms with van der Waals surface area (Å²) in [6, 6.07) is 7.66. The Morgan fingerprint density at radius 2 is 1.82 bits per heavy atom. The normalized spacial score (nSPS) is 12.1. The number of thioether (sulfide) groups is 1. The van der Waals surface area contributed by atoms with Crippen LogP contribution in [0, 0.1) is 0 Å². The minimum Gasteiger partial charge on any atom is -0.384 e. The predicted molar refractivity (Wildman–Crippen MR) is 112 cm³/mol. The molecule has 0 aliphatic rings. The molecule has 1 unspecified atom stereocenters. The third kappa shape index (κ3) is 3.57. The van der Waals surface area contributed by atoms with Gasteiger partial charge in [0.2, 0.25) is 0 Å². The minimum atomic E-state index is -0.700. The van der Waals surface area contributed by atoms with Crippen LogP contribution < -0.4 is 17.0 Å². The van der Waals surface area contributed by atoms with Crippen LogP contribution in [0.5, 0.6) is 0 Å². The molecule has 0 spiro atoms. The van der Waals surface area contributed by atoms with Crippen LogP contribution in [-0.4, -0.2) is 29.7 Å². The SMILES string of the molecule is CC(Sc1nccn1-c1ccc(Br)cc1)C(=O)c1c(N)n(C)c(=O)n(C)c1=O. The van der Waals surface area contributed by atoms with Crippen LogP contribution in [0.4, 0.5) is 5.82 Å². The molecular formula is C18H18BrN5O3S. The first-order valence-corrected chi connectivity index (χ1v) is 9.95. The number of nitrogens with two attached hydrogens (primary N) is 1. The zero-order valence-electron chi connectivity index (χ0n) is 15.4. The van der Waals surface area contributed by atoms with Crippen molar-refractivity contribution in [2.24, 2.45) is 14.1 Å². The smallest absolute Gasteiger partial charge is 0.332 e. The monoisotopic (exact) mass is 463 g/mol. The molecule has 2 heterocycles. The molecule has 0 aliphatic carbocycles. The topological polar surface area (TPSA) is 105 Å². The quantitative estimate of drug-likeness (QED) is 0.458. The summed E-state index contributed by atoms with van der Waals surface area (Å²) >= 11 is 4.61. The van der Waals surface area contributed by atoms with E-state index in [1.165, 1.54) is 25.9 Å². The standard InChI is InChI=1S/C18H18BrN5O3S/c1-10(14(25)13-15(20)22(2)18(27)23(3)16(13)26)28-17-21-8-9-24(17)12-6-4-11(19)5-7-12/h4-10H,20H2,1-3H3. The summed E-state index contributed by atoms with van der Waals surface area (Å²) in [7, 11) is 2.74. The number of carbonyl (C=O) groups excluding carboxylic acids is 1. The Kier molecular flexibility index (Phi) is 5.61. The van der Waals surface area contributed by atoms with Gasteiger partial charge in [-0.15, -0.1) is 0 Å². The van der Waals surface area contributed by atoms with E-state index in [0.29, 0.717) is 5.16 Å². The number of halogens is 1. The molecule has 10 heteroatoms. The maximum Gasteiger partial charge on any atom is 0.332 e. The van der Waals surface area contributed by atoms with Crippen molar-refractivity contribution in [3.63, 3.8) is 0 Å². The molecule has 28 heavy (non-hydrogen) atoms. The van der Waals surface area contributed by atoms with Gasteiger partial charge in [0.05, 0.1) is 5.25 Å². The second kappa shape index (κ2) is 7.80. The summed E-state index contributed by atoms with van der Waals surface area (Å²) in [5.74, 6) is -0.592. The van der Waals surface area contributed by atoms with E-state index in [1.54, 1.807) is 19.3 Å². The number of nitrogens with zero attached hydrogens (tertiary/aromatic N) is 4. The summed E-state index contributed by atoms with van der Waals surface area (Å²) in [6.45, 7) is 1.68. The summed E-state index contributed by atoms with van der Waals surface area (Å²) in [5, 5.41) is -0.0347. The predicted octanol–water partition coefficient (Wildman–Crippen LogP) is 1.98. The zero-order chi connectivity index (χ0) is 20.6. The van der Waals surface area contributed by atoms with Crippen LogP contribution >= 0.6 is 27.7 Å². The highest BCUT2D eigenvalue weighted by Crippen LogP contribution is 2.27. The third-order valence-corrected chi connectivity index (χ3v) is 5.93. The number of ketones is 1. The lowest BCUT2D eigenvalue weighted by Gasteiger charge is -2.15. The van der Waals surface area contributed by atoms with Gasteiger partial charge in [0.25, 0.3) is 5.56 Å². The van der Waals surface area contributed by atoms with Crippen molar-refractivity contribution in [2.45, 2.75) is 17.3 Å². The van der Waals surface area contributed by atoms with E-state index in [2.05, 4.69) is 20.9 Å². The van der Waals surface area contributed by atoms with Gasteiger partial charge in [-0.05, 0) is 31.2 Å². The van der Waals surface area contributed by atoms with Gasteiger partial charge in [-0.3, -0.25) is 23.3 Å². The Morgan fingerprint density at radius 1 is 1.18 bits per heavy atom. The number of carbonyl (C=O) groups is 1. The van der Waals surface area contributed by atoms with E-state index < -0.39 is 22.3 Å². The van der Waals surface area contributed by atoms with Gasteiger partial charge < -0.3 is 5.73 Å². The van der Waals surface area contributed by atoms with Crippen molar-refractivity contribution >= 4 is 39.3 Å². The summed E-state index contributed by atoms with van der Waals surface area (Å²) in [6.07, 6.45) is 3.43. The van der Waals surface area contributed by atoms with Crippen LogP contribution in [0.3, 0.4) is 0 Å². The van der Waals surface area contributed by atoms with E-state index in [4.69, 9.17) is 5.73 Å². The number of rotatable bonds is 5. The number of Topliss-reactive ketones (excluding diaryl/α,β-unsaturated/α-hetero) is 1. The highest BCUT2D eigenvalue weighted by molar-refractivity contribution is 9.10. The Bertz CT molecular complexity index is 1160. The Morgan fingerprint density at radius 3 is 2.46 bits per heavy atom. The van der Waals surface area contributed by atoms with E-state index in [0.717, 1.165) is 19.3 Å². The van der Waals surface area contributed by atoms with Crippen molar-refractivity contribution in [1.82, 2.24) is 18.7 Å². The number of imidazole rings is 1. The first-order chi connectivity index (χ1) is 13.2. The summed E-state index contributed by atoms with van der Waals surface area (Å²) < 4.78 is 4.77. The van der Waals surface area contributed by atoms with E-state index in [1.807, 2.05) is 28.8 Å². The maximum atomic E-state index is 12.9. The molecule has 0 amide bonds. The van der Waals surface area contributed by atoms with E-state index in [-0.39, 0.29) is 11.4 Å². The highest BCUT2D eigenvalue weighted by Gasteiger charge is 2.26. The molecule has 0 aliphatic heterocycles. The Hall–Kier alpha value is -2.59. The van der Waals surface area contributed by atoms with Gasteiger partial charge in [0.15, 0.2) is 10.9 Å². The Balaban J connectivity index is 1.94. The molecule has 1 atom stereocenters. The van der Waals surface area contributed by atoms with Crippen LogP contribution in [0.2, 0.25) is 0 Å². The number of anilines is 1. The Labute approximate surface area is 173 Å². The highest BCUT2D eigenvalue weighted by atomic mass is 79.9. The van der Waals surface area contributed by atoms with Crippen molar-refractivity contribution in [1.29, 1.82) is 0 Å². The fourth-order valence-corrected chi connectivity index (χ4v) is 3.89. The van der Waals surface area contributed by atoms with Gasteiger partial charge in [-0.2, -0.15) is 0 Å². The van der Waals surface area contributed by atoms with Crippen LogP contribution in [-0.2, 0) is 14.1 Å². The summed E-state index contributed by atoms with van der Waals surface area (Å²) in [5.41, 5.74) is 5.32. The van der Waals surface area contributed by atoms with Crippen LogP contribution in [0.1, 0.15) is 17.3 Å². The molecule has 0 saturated heterocycles. The molecule has 146 valence electrons. The molecule has 8 nitrogen and oxygen atoms in total. The molecule has 0 fully saturated rings. The molecular weight excluding hydrogens is 446 g/mol. The average Bonchev–Trinajstić information content (AvgIpc) is 3.13. The molecule has 2 aromatic heterocycles. The third-order valence-electron chi connectivity index (χ3n) is 4.32. The van der Waals surface area contributed by atoms with Gasteiger partial charge >= 0.3 is 5.69 Å². The molecule has 0 saturated carbocycles. The lowest BCUT2D eigenvalue weighted by molar-refractivity contribution is 0.0992. The summed E-state index contributed by atoms with van der Waals surface area (Å²) in [4.78, 5) is 41.7. The van der Waals surface area contributed by atoms with E-state index in [9.17, 15) is 14.4 Å². The first-order valence-electron chi connectivity index (χ1n) is 8.28. The number of hydrogen-bond acceptors (Lipinski definition) is 6. The van der Waals surface area contributed by atoms with Crippen LogP contribution in [0.25, 0.3) is 5.69 Å². The fourth-order valence-electron chi connectivity index (χ4n) is 2.68. The molecule has 0 bridgehead atoms. The largest absolute Gasteiger partial charge is 0.384 e. The molecule has 2 N–H and O–H groups in total. The first kappa shape index (κ1) is 20.2. The van der Waals surface area contributed by atoms with Crippen LogP contribution in [0.15, 0.2) is 55.9 Å². The van der Waals surface area contributed by atoms with Crippen molar-refractivity contribution in [3.8, 4) is 5.69 Å². The van der Waals surface area contributed by atoms with Crippen molar-refractivity contribution in [2.75, 3.05) is 5.73 Å². The van der Waals surface area contributed by atoms with Gasteiger partial charge in [0.1, 0.15) is 11.4 Å². The maximum absolute atomic E-state index is 12.9. The average molecular weight is 464 g/mol. The second-order valence-corrected chi connectivity index (χ2v) is 8.37. The van der Waals surface area contributed by atoms with Gasteiger partial charge in [-0.1, -0.05) is 27.7 Å². The van der Waals surface area contributed by atoms with Crippen molar-refractivity contribution in [3.05, 3.63) is 67.5 Å². The fraction of sp³-hybridized carbons (Fsp3) is 0.222. The molecule has 3 aromatic rings. The van der Waals surface area contributed by atoms with Gasteiger partial charge in [0, 0.05) is 36.6 Å². The molecule has 0 radical (unpaired) electrons. The zero-order valence-corrected chi connectivity index (χ0v) is 17.8. The second-order valence-electron chi connectivity index (χ2n) is 6.15. The number of hydrogen-bond donors (Lipinski definition) is 1.